The molecule has 0 bridgehead atoms. The van der Waals surface area contributed by atoms with Crippen molar-refractivity contribution in [3.05, 3.63) is 59.4 Å². The Hall–Kier alpha value is -1.87. The van der Waals surface area contributed by atoms with Gasteiger partial charge in [-0.15, -0.1) is 0 Å². The third-order valence-corrected chi connectivity index (χ3v) is 3.78. The lowest BCUT2D eigenvalue weighted by Crippen LogP contribution is -2.12. The summed E-state index contributed by atoms with van der Waals surface area (Å²) in [7, 11) is 0. The minimum Gasteiger partial charge on any atom is -0.493 e. The van der Waals surface area contributed by atoms with Gasteiger partial charge in [0.15, 0.2) is 0 Å². The maximum absolute atomic E-state index is 10.4. The molecule has 20 heavy (non-hydrogen) atoms. The van der Waals surface area contributed by atoms with Gasteiger partial charge in [0.25, 0.3) is 0 Å². The highest BCUT2D eigenvalue weighted by atomic mass is 16.5. The predicted molar refractivity (Wildman–Crippen MR) is 77.8 cm³/mol. The zero-order chi connectivity index (χ0) is 13.8. The second-order valence-electron chi connectivity index (χ2n) is 5.20. The maximum atomic E-state index is 10.4. The molecule has 0 amide bonds. The number of fused-ring (bicyclic) bond motifs is 1. The van der Waals surface area contributed by atoms with Crippen LogP contribution in [0.15, 0.2) is 42.7 Å². The molecule has 0 fully saturated rings. The van der Waals surface area contributed by atoms with Crippen LogP contribution in [0.1, 0.15) is 35.6 Å². The van der Waals surface area contributed by atoms with E-state index < -0.39 is 6.10 Å². The van der Waals surface area contributed by atoms with E-state index in [1.165, 1.54) is 11.1 Å². The number of benzene rings is 1. The first kappa shape index (κ1) is 13.1. The standard InChI is InChI=1S/C17H19NO2/c19-16(7-6-13-8-10-18-11-9-13)15-5-1-3-14-4-2-12-20-17(14)15/h1,3,5,8-11,16,19H,2,4,6-7,12H2. The second kappa shape index (κ2) is 6.06. The highest BCUT2D eigenvalue weighted by molar-refractivity contribution is 5.44. The Bertz CT molecular complexity index is 568. The van der Waals surface area contributed by atoms with Gasteiger partial charge in [0, 0.05) is 18.0 Å². The first-order valence-electron chi connectivity index (χ1n) is 7.16. The summed E-state index contributed by atoms with van der Waals surface area (Å²) < 4.78 is 5.76. The minimum atomic E-state index is -0.476. The van der Waals surface area contributed by atoms with Crippen molar-refractivity contribution in [3.63, 3.8) is 0 Å². The van der Waals surface area contributed by atoms with Crippen LogP contribution >= 0.6 is 0 Å². The van der Waals surface area contributed by atoms with Gasteiger partial charge in [-0.05, 0) is 48.9 Å². The molecule has 0 spiro atoms. The van der Waals surface area contributed by atoms with Gasteiger partial charge in [0.1, 0.15) is 5.75 Å². The Labute approximate surface area is 119 Å². The van der Waals surface area contributed by atoms with E-state index >= 15 is 0 Å². The van der Waals surface area contributed by atoms with Crippen molar-refractivity contribution in [3.8, 4) is 5.75 Å². The Balaban J connectivity index is 1.72. The van der Waals surface area contributed by atoms with E-state index in [-0.39, 0.29) is 0 Å². The molecule has 2 aromatic rings. The molecule has 1 atom stereocenters. The number of hydrogen-bond donors (Lipinski definition) is 1. The number of rotatable bonds is 4. The van der Waals surface area contributed by atoms with Crippen molar-refractivity contribution < 1.29 is 9.84 Å². The van der Waals surface area contributed by atoms with Gasteiger partial charge in [-0.25, -0.2) is 0 Å². The van der Waals surface area contributed by atoms with Crippen LogP contribution in [-0.4, -0.2) is 16.7 Å². The van der Waals surface area contributed by atoms with Crippen molar-refractivity contribution >= 4 is 0 Å². The van der Waals surface area contributed by atoms with Crippen LogP contribution in [0, 0.1) is 0 Å². The summed E-state index contributed by atoms with van der Waals surface area (Å²) in [5.41, 5.74) is 3.35. The molecule has 3 nitrogen and oxygen atoms in total. The lowest BCUT2D eigenvalue weighted by molar-refractivity contribution is 0.159. The number of ether oxygens (including phenoxy) is 1. The lowest BCUT2D eigenvalue weighted by atomic mass is 9.96. The summed E-state index contributed by atoms with van der Waals surface area (Å²) in [6.07, 6.45) is 6.74. The number of aromatic nitrogens is 1. The maximum Gasteiger partial charge on any atom is 0.128 e. The second-order valence-corrected chi connectivity index (χ2v) is 5.20. The predicted octanol–water partition coefficient (Wildman–Crippen LogP) is 3.07. The largest absolute Gasteiger partial charge is 0.493 e. The zero-order valence-electron chi connectivity index (χ0n) is 11.5. The smallest absolute Gasteiger partial charge is 0.128 e. The van der Waals surface area contributed by atoms with E-state index in [4.69, 9.17) is 4.74 Å². The van der Waals surface area contributed by atoms with Crippen LogP contribution in [0.25, 0.3) is 0 Å². The molecule has 0 radical (unpaired) electrons. The van der Waals surface area contributed by atoms with Crippen LogP contribution in [0.2, 0.25) is 0 Å². The average molecular weight is 269 g/mol. The average Bonchev–Trinajstić information content (AvgIpc) is 2.53. The monoisotopic (exact) mass is 269 g/mol. The first-order chi connectivity index (χ1) is 9.84. The van der Waals surface area contributed by atoms with Crippen molar-refractivity contribution in [1.82, 2.24) is 4.98 Å². The lowest BCUT2D eigenvalue weighted by Gasteiger charge is -2.22. The molecular formula is C17H19NO2. The number of nitrogens with zero attached hydrogens (tertiary/aromatic N) is 1. The molecule has 3 heteroatoms. The molecule has 1 aliphatic heterocycles. The van der Waals surface area contributed by atoms with E-state index in [1.54, 1.807) is 12.4 Å². The number of hydrogen-bond acceptors (Lipinski definition) is 3. The molecule has 1 aromatic carbocycles. The van der Waals surface area contributed by atoms with Gasteiger partial charge in [-0.1, -0.05) is 18.2 Å². The van der Waals surface area contributed by atoms with E-state index in [0.717, 1.165) is 37.2 Å². The molecule has 1 N–H and O–H groups in total. The molecular weight excluding hydrogens is 250 g/mol. The molecule has 104 valence electrons. The Morgan fingerprint density at radius 2 is 2.05 bits per heavy atom. The summed E-state index contributed by atoms with van der Waals surface area (Å²) in [5.74, 6) is 0.904. The summed E-state index contributed by atoms with van der Waals surface area (Å²) in [4.78, 5) is 4.01. The van der Waals surface area contributed by atoms with Crippen molar-refractivity contribution in [2.24, 2.45) is 0 Å². The van der Waals surface area contributed by atoms with Crippen LogP contribution in [0.4, 0.5) is 0 Å². The van der Waals surface area contributed by atoms with Crippen LogP contribution < -0.4 is 4.74 Å². The van der Waals surface area contributed by atoms with Crippen LogP contribution in [-0.2, 0) is 12.8 Å². The third-order valence-electron chi connectivity index (χ3n) is 3.78. The van der Waals surface area contributed by atoms with E-state index in [0.29, 0.717) is 6.42 Å². The van der Waals surface area contributed by atoms with E-state index in [2.05, 4.69) is 11.1 Å². The van der Waals surface area contributed by atoms with Crippen LogP contribution in [0.3, 0.4) is 0 Å². The summed E-state index contributed by atoms with van der Waals surface area (Å²) in [6.45, 7) is 0.751. The SMILES string of the molecule is OC(CCc1ccncc1)c1cccc2c1OCCC2. The first-order valence-corrected chi connectivity index (χ1v) is 7.16. The molecule has 0 saturated heterocycles. The fourth-order valence-corrected chi connectivity index (χ4v) is 2.69. The summed E-state index contributed by atoms with van der Waals surface area (Å²) in [6, 6.07) is 10.1. The number of aryl methyl sites for hydroxylation is 2. The number of para-hydroxylation sites is 1. The molecule has 3 rings (SSSR count). The summed E-state index contributed by atoms with van der Waals surface area (Å²) in [5, 5.41) is 10.4. The number of pyridine rings is 1. The molecule has 0 aliphatic carbocycles. The Morgan fingerprint density at radius 1 is 1.20 bits per heavy atom. The molecule has 0 saturated carbocycles. The Morgan fingerprint density at radius 3 is 2.90 bits per heavy atom. The molecule has 1 aromatic heterocycles. The van der Waals surface area contributed by atoms with Gasteiger partial charge in [0.2, 0.25) is 0 Å². The minimum absolute atomic E-state index is 0.476. The molecule has 1 unspecified atom stereocenters. The van der Waals surface area contributed by atoms with Gasteiger partial charge in [-0.2, -0.15) is 0 Å². The van der Waals surface area contributed by atoms with E-state index in [9.17, 15) is 5.11 Å². The topological polar surface area (TPSA) is 42.4 Å². The van der Waals surface area contributed by atoms with Crippen LogP contribution in [0.5, 0.6) is 5.75 Å². The summed E-state index contributed by atoms with van der Waals surface area (Å²) >= 11 is 0. The normalized spacial score (nSPS) is 15.2. The van der Waals surface area contributed by atoms with Crippen molar-refractivity contribution in [2.45, 2.75) is 31.8 Å². The highest BCUT2D eigenvalue weighted by Crippen LogP contribution is 2.34. The number of aliphatic hydroxyl groups excluding tert-OH is 1. The van der Waals surface area contributed by atoms with Gasteiger partial charge in [-0.3, -0.25) is 4.98 Å². The quantitative estimate of drug-likeness (QED) is 0.927. The molecule has 2 heterocycles. The van der Waals surface area contributed by atoms with Crippen molar-refractivity contribution in [1.29, 1.82) is 0 Å². The highest BCUT2D eigenvalue weighted by Gasteiger charge is 2.19. The number of aliphatic hydroxyl groups is 1. The van der Waals surface area contributed by atoms with Gasteiger partial charge < -0.3 is 9.84 Å². The van der Waals surface area contributed by atoms with E-state index in [1.807, 2.05) is 24.3 Å². The van der Waals surface area contributed by atoms with Crippen molar-refractivity contribution in [2.75, 3.05) is 6.61 Å². The fourth-order valence-electron chi connectivity index (χ4n) is 2.69. The Kier molecular flexibility index (Phi) is 3.97. The zero-order valence-corrected chi connectivity index (χ0v) is 11.5. The van der Waals surface area contributed by atoms with Gasteiger partial charge in [0.05, 0.1) is 12.7 Å². The molecule has 1 aliphatic rings. The third kappa shape index (κ3) is 2.83. The fraction of sp³-hybridized carbons (Fsp3) is 0.353. The van der Waals surface area contributed by atoms with Gasteiger partial charge >= 0.3 is 0 Å².